The zero-order valence-corrected chi connectivity index (χ0v) is 17.4. The summed E-state index contributed by atoms with van der Waals surface area (Å²) in [6, 6.07) is 12.8. The van der Waals surface area contributed by atoms with Crippen molar-refractivity contribution in [2.75, 3.05) is 30.0 Å². The van der Waals surface area contributed by atoms with Crippen LogP contribution in [-0.2, 0) is 19.1 Å². The molecule has 0 spiro atoms. The summed E-state index contributed by atoms with van der Waals surface area (Å²) in [6.45, 7) is 6.02. The predicted molar refractivity (Wildman–Crippen MR) is 114 cm³/mol. The highest BCUT2D eigenvalue weighted by atomic mass is 16.5. The first kappa shape index (κ1) is 21.4. The number of amides is 2. The number of hydrogen-bond donors (Lipinski definition) is 1. The van der Waals surface area contributed by atoms with E-state index in [2.05, 4.69) is 5.32 Å². The summed E-state index contributed by atoms with van der Waals surface area (Å²) in [5.74, 6) is -1.19. The van der Waals surface area contributed by atoms with E-state index in [1.807, 2.05) is 39.0 Å². The molecule has 7 heteroatoms. The Balaban J connectivity index is 1.57. The third-order valence-corrected chi connectivity index (χ3v) is 4.97. The number of rotatable bonds is 7. The lowest BCUT2D eigenvalue weighted by molar-refractivity contribution is -0.151. The van der Waals surface area contributed by atoms with Crippen molar-refractivity contribution in [1.29, 1.82) is 0 Å². The average molecular weight is 410 g/mol. The van der Waals surface area contributed by atoms with Crippen LogP contribution in [0.2, 0.25) is 0 Å². The summed E-state index contributed by atoms with van der Waals surface area (Å²) in [4.78, 5) is 38.8. The molecule has 0 saturated carbocycles. The first-order valence-corrected chi connectivity index (χ1v) is 9.95. The Labute approximate surface area is 176 Å². The van der Waals surface area contributed by atoms with Crippen molar-refractivity contribution in [1.82, 2.24) is 0 Å². The van der Waals surface area contributed by atoms with E-state index in [1.54, 1.807) is 29.2 Å². The summed E-state index contributed by atoms with van der Waals surface area (Å²) >= 11 is 0. The lowest BCUT2D eigenvalue weighted by atomic mass is 10.1. The van der Waals surface area contributed by atoms with Gasteiger partial charge in [0.15, 0.2) is 6.61 Å². The van der Waals surface area contributed by atoms with Crippen LogP contribution in [-0.4, -0.2) is 37.5 Å². The Morgan fingerprint density at radius 2 is 1.80 bits per heavy atom. The highest BCUT2D eigenvalue weighted by molar-refractivity contribution is 6.01. The third-order valence-electron chi connectivity index (χ3n) is 4.97. The molecule has 2 aromatic rings. The van der Waals surface area contributed by atoms with Crippen LogP contribution in [0.4, 0.5) is 11.4 Å². The summed E-state index contributed by atoms with van der Waals surface area (Å²) in [5.41, 5.74) is 3.30. The molecule has 1 heterocycles. The third kappa shape index (κ3) is 4.79. The minimum absolute atomic E-state index is 0.0708. The Hall–Kier alpha value is -3.35. The van der Waals surface area contributed by atoms with Gasteiger partial charge in [-0.3, -0.25) is 14.4 Å². The topological polar surface area (TPSA) is 84.9 Å². The van der Waals surface area contributed by atoms with Crippen molar-refractivity contribution in [2.24, 2.45) is 5.92 Å². The summed E-state index contributed by atoms with van der Waals surface area (Å²) in [5, 5.41) is 2.68. The number of aryl methyl sites for hydroxylation is 2. The largest absolute Gasteiger partial charge is 0.492 e. The number of ether oxygens (including phenoxy) is 2. The molecule has 0 radical (unpaired) electrons. The smallest absolute Gasteiger partial charge is 0.311 e. The molecule has 2 aromatic carbocycles. The van der Waals surface area contributed by atoms with Crippen molar-refractivity contribution < 1.29 is 23.9 Å². The number of para-hydroxylation sites is 3. The van der Waals surface area contributed by atoms with Gasteiger partial charge >= 0.3 is 5.97 Å². The second-order valence-electron chi connectivity index (χ2n) is 7.23. The number of carbonyl (C=O) groups excluding carboxylic acids is 3. The predicted octanol–water partition coefficient (Wildman–Crippen LogP) is 3.24. The normalized spacial score (nSPS) is 15.8. The summed E-state index contributed by atoms with van der Waals surface area (Å²) in [7, 11) is 0. The minimum atomic E-state index is -0.597. The molecule has 0 bridgehead atoms. The van der Waals surface area contributed by atoms with Gasteiger partial charge in [-0.05, 0) is 44.0 Å². The first-order chi connectivity index (χ1) is 14.4. The number of esters is 1. The summed E-state index contributed by atoms with van der Waals surface area (Å²) in [6.07, 6.45) is 0.0708. The van der Waals surface area contributed by atoms with Gasteiger partial charge in [0.1, 0.15) is 5.75 Å². The number of benzene rings is 2. The molecule has 1 atom stereocenters. The van der Waals surface area contributed by atoms with E-state index in [9.17, 15) is 14.4 Å². The van der Waals surface area contributed by atoms with Gasteiger partial charge in [0.05, 0.1) is 18.2 Å². The molecule has 0 aliphatic carbocycles. The van der Waals surface area contributed by atoms with Gasteiger partial charge in [0.2, 0.25) is 5.91 Å². The lowest BCUT2D eigenvalue weighted by Crippen LogP contribution is -2.29. The van der Waals surface area contributed by atoms with E-state index < -0.39 is 24.4 Å². The van der Waals surface area contributed by atoms with Gasteiger partial charge in [-0.25, -0.2) is 0 Å². The van der Waals surface area contributed by atoms with Crippen molar-refractivity contribution in [2.45, 2.75) is 27.2 Å². The van der Waals surface area contributed by atoms with Crippen LogP contribution in [0.25, 0.3) is 0 Å². The van der Waals surface area contributed by atoms with Gasteiger partial charge in [-0.1, -0.05) is 30.3 Å². The molecular formula is C23H26N2O5. The maximum Gasteiger partial charge on any atom is 0.311 e. The molecule has 30 heavy (non-hydrogen) atoms. The van der Waals surface area contributed by atoms with Gasteiger partial charge < -0.3 is 19.7 Å². The van der Waals surface area contributed by atoms with E-state index in [0.29, 0.717) is 18.0 Å². The zero-order valence-electron chi connectivity index (χ0n) is 17.4. The van der Waals surface area contributed by atoms with Gasteiger partial charge in [-0.2, -0.15) is 0 Å². The number of nitrogens with one attached hydrogen (secondary N) is 1. The molecule has 0 aromatic heterocycles. The number of hydrogen-bond acceptors (Lipinski definition) is 5. The Bertz CT molecular complexity index is 936. The highest BCUT2D eigenvalue weighted by Gasteiger charge is 2.37. The average Bonchev–Trinajstić information content (AvgIpc) is 3.09. The van der Waals surface area contributed by atoms with Crippen LogP contribution < -0.4 is 15.0 Å². The molecule has 0 unspecified atom stereocenters. The second-order valence-corrected chi connectivity index (χ2v) is 7.23. The number of nitrogens with zero attached hydrogens (tertiary/aromatic N) is 1. The van der Waals surface area contributed by atoms with Crippen molar-refractivity contribution in [3.63, 3.8) is 0 Å². The molecule has 3 rings (SSSR count). The number of carbonyl (C=O) groups is 3. The van der Waals surface area contributed by atoms with Gasteiger partial charge in [0.25, 0.3) is 5.91 Å². The van der Waals surface area contributed by atoms with E-state index in [0.717, 1.165) is 16.8 Å². The van der Waals surface area contributed by atoms with Crippen LogP contribution in [0.5, 0.6) is 5.75 Å². The molecule has 7 nitrogen and oxygen atoms in total. The van der Waals surface area contributed by atoms with Crippen molar-refractivity contribution in [3.8, 4) is 5.75 Å². The molecular weight excluding hydrogens is 384 g/mol. The van der Waals surface area contributed by atoms with Crippen LogP contribution in [0.3, 0.4) is 0 Å². The molecule has 1 aliphatic heterocycles. The fourth-order valence-corrected chi connectivity index (χ4v) is 3.61. The Morgan fingerprint density at radius 3 is 2.50 bits per heavy atom. The molecule has 158 valence electrons. The standard InChI is InChI=1S/C23H26N2O5/c1-4-29-19-11-6-5-10-18(19)24-20(26)14-30-23(28)17-12-21(27)25(13-17)22-15(2)8-7-9-16(22)3/h5-11,17H,4,12-14H2,1-3H3,(H,24,26)/t17-/m1/s1. The zero-order chi connectivity index (χ0) is 21.7. The molecule has 2 amide bonds. The maximum atomic E-state index is 12.5. The maximum absolute atomic E-state index is 12.5. The number of anilines is 2. The van der Waals surface area contributed by atoms with Crippen LogP contribution in [0.1, 0.15) is 24.5 Å². The fourth-order valence-electron chi connectivity index (χ4n) is 3.61. The van der Waals surface area contributed by atoms with Crippen molar-refractivity contribution in [3.05, 3.63) is 53.6 Å². The summed E-state index contributed by atoms with van der Waals surface area (Å²) < 4.78 is 10.6. The first-order valence-electron chi connectivity index (χ1n) is 9.95. The van der Waals surface area contributed by atoms with Crippen LogP contribution >= 0.6 is 0 Å². The quantitative estimate of drug-likeness (QED) is 0.709. The van der Waals surface area contributed by atoms with E-state index in [4.69, 9.17) is 9.47 Å². The molecule has 1 N–H and O–H groups in total. The van der Waals surface area contributed by atoms with Crippen molar-refractivity contribution >= 4 is 29.2 Å². The molecule has 1 saturated heterocycles. The highest BCUT2D eigenvalue weighted by Crippen LogP contribution is 2.31. The van der Waals surface area contributed by atoms with E-state index in [1.165, 1.54) is 0 Å². The second kappa shape index (κ2) is 9.43. The van der Waals surface area contributed by atoms with E-state index in [-0.39, 0.29) is 18.9 Å². The SMILES string of the molecule is CCOc1ccccc1NC(=O)COC(=O)[C@@H]1CC(=O)N(c2c(C)cccc2C)C1. The Morgan fingerprint density at radius 1 is 1.10 bits per heavy atom. The van der Waals surface area contributed by atoms with Gasteiger partial charge in [-0.15, -0.1) is 0 Å². The Kier molecular flexibility index (Phi) is 6.72. The lowest BCUT2D eigenvalue weighted by Gasteiger charge is -2.21. The minimum Gasteiger partial charge on any atom is -0.492 e. The van der Waals surface area contributed by atoms with E-state index >= 15 is 0 Å². The molecule has 1 fully saturated rings. The molecule has 1 aliphatic rings. The van der Waals surface area contributed by atoms with Crippen LogP contribution in [0.15, 0.2) is 42.5 Å². The van der Waals surface area contributed by atoms with Gasteiger partial charge in [0, 0.05) is 18.7 Å². The van der Waals surface area contributed by atoms with Crippen LogP contribution in [0, 0.1) is 19.8 Å². The monoisotopic (exact) mass is 410 g/mol. The fraction of sp³-hybridized carbons (Fsp3) is 0.348.